The second kappa shape index (κ2) is 6.17. The molecule has 2 rings (SSSR count). The van der Waals surface area contributed by atoms with Crippen LogP contribution in [-0.2, 0) is 6.54 Å². The fraction of sp³-hybridized carbons (Fsp3) is 0.143. The van der Waals surface area contributed by atoms with Crippen LogP contribution in [-0.4, -0.2) is 12.0 Å². The molecule has 0 spiro atoms. The molecule has 2 aromatic carbocycles. The number of ether oxygens (including phenoxy) is 1. The average molecular weight is 294 g/mol. The van der Waals surface area contributed by atoms with Crippen molar-refractivity contribution in [3.05, 3.63) is 63.7 Å². The quantitative estimate of drug-likeness (QED) is 0.677. The van der Waals surface area contributed by atoms with Gasteiger partial charge in [0.15, 0.2) is 0 Å². The van der Waals surface area contributed by atoms with Crippen LogP contribution >= 0.6 is 0 Å². The van der Waals surface area contributed by atoms with Crippen LogP contribution in [0.15, 0.2) is 36.4 Å². The topological polar surface area (TPSA) is 64.4 Å². The Balaban J connectivity index is 2.21. The van der Waals surface area contributed by atoms with Gasteiger partial charge in [-0.25, -0.2) is 8.78 Å². The molecule has 0 aliphatic rings. The second-order valence-corrected chi connectivity index (χ2v) is 4.27. The third-order valence-corrected chi connectivity index (χ3v) is 2.81. The van der Waals surface area contributed by atoms with Gasteiger partial charge in [0, 0.05) is 12.6 Å². The molecule has 110 valence electrons. The second-order valence-electron chi connectivity index (χ2n) is 4.27. The Kier molecular flexibility index (Phi) is 4.32. The first-order valence-electron chi connectivity index (χ1n) is 6.01. The Morgan fingerprint density at radius 2 is 2.00 bits per heavy atom. The van der Waals surface area contributed by atoms with E-state index in [0.717, 1.165) is 18.2 Å². The van der Waals surface area contributed by atoms with Gasteiger partial charge < -0.3 is 10.1 Å². The van der Waals surface area contributed by atoms with Crippen molar-refractivity contribution in [1.82, 2.24) is 0 Å². The number of hydrogen-bond acceptors (Lipinski definition) is 4. The molecule has 0 aliphatic heterocycles. The van der Waals surface area contributed by atoms with Crippen molar-refractivity contribution in [2.24, 2.45) is 0 Å². The lowest BCUT2D eigenvalue weighted by atomic mass is 10.2. The number of benzene rings is 2. The molecule has 0 aliphatic carbocycles. The molecule has 1 N–H and O–H groups in total. The van der Waals surface area contributed by atoms with E-state index in [0.29, 0.717) is 11.3 Å². The van der Waals surface area contributed by atoms with Crippen molar-refractivity contribution in [1.29, 1.82) is 0 Å². The predicted octanol–water partition coefficient (Wildman–Crippen LogP) is 3.49. The van der Waals surface area contributed by atoms with E-state index < -0.39 is 16.6 Å². The lowest BCUT2D eigenvalue weighted by Gasteiger charge is -2.09. The molecule has 2 aromatic rings. The van der Waals surface area contributed by atoms with Gasteiger partial charge in [-0.15, -0.1) is 0 Å². The first-order chi connectivity index (χ1) is 9.99. The normalized spacial score (nSPS) is 10.2. The zero-order valence-electron chi connectivity index (χ0n) is 11.1. The lowest BCUT2D eigenvalue weighted by molar-refractivity contribution is -0.385. The number of halogens is 2. The monoisotopic (exact) mass is 294 g/mol. The van der Waals surface area contributed by atoms with Crippen LogP contribution in [0, 0.1) is 21.7 Å². The summed E-state index contributed by atoms with van der Waals surface area (Å²) in [5.41, 5.74) is 0.371. The molecule has 0 saturated heterocycles. The summed E-state index contributed by atoms with van der Waals surface area (Å²) in [6.45, 7) is 0.0956. The first kappa shape index (κ1) is 14.7. The van der Waals surface area contributed by atoms with Crippen LogP contribution in [0.4, 0.5) is 20.2 Å². The Morgan fingerprint density at radius 3 is 2.67 bits per heavy atom. The predicted molar refractivity (Wildman–Crippen MR) is 73.3 cm³/mol. The third-order valence-electron chi connectivity index (χ3n) is 2.81. The van der Waals surface area contributed by atoms with Crippen molar-refractivity contribution in [3.8, 4) is 5.75 Å². The molecule has 0 fully saturated rings. The summed E-state index contributed by atoms with van der Waals surface area (Å²) in [6.07, 6.45) is 0. The highest BCUT2D eigenvalue weighted by atomic mass is 19.1. The van der Waals surface area contributed by atoms with E-state index in [4.69, 9.17) is 4.74 Å². The molecule has 0 heterocycles. The molecule has 5 nitrogen and oxygen atoms in total. The van der Waals surface area contributed by atoms with E-state index in [-0.39, 0.29) is 17.9 Å². The number of hydrogen-bond donors (Lipinski definition) is 1. The minimum Gasteiger partial charge on any atom is -0.496 e. The third kappa shape index (κ3) is 3.65. The Bertz CT molecular complexity index is 677. The number of anilines is 1. The Hall–Kier alpha value is -2.70. The number of nitrogens with one attached hydrogen (secondary N) is 1. The fourth-order valence-corrected chi connectivity index (χ4v) is 1.80. The molecule has 7 heteroatoms. The zero-order valence-corrected chi connectivity index (χ0v) is 11.1. The van der Waals surface area contributed by atoms with E-state index in [1.54, 1.807) is 6.07 Å². The summed E-state index contributed by atoms with van der Waals surface area (Å²) < 4.78 is 31.5. The summed E-state index contributed by atoms with van der Waals surface area (Å²) in [7, 11) is 1.39. The lowest BCUT2D eigenvalue weighted by Crippen LogP contribution is -2.03. The molecular formula is C14H12F2N2O3. The van der Waals surface area contributed by atoms with Gasteiger partial charge in [0.05, 0.1) is 23.8 Å². The smallest absolute Gasteiger partial charge is 0.273 e. The van der Waals surface area contributed by atoms with Gasteiger partial charge in [-0.1, -0.05) is 0 Å². The highest BCUT2D eigenvalue weighted by molar-refractivity contribution is 5.48. The number of rotatable bonds is 5. The molecule has 0 radical (unpaired) electrons. The van der Waals surface area contributed by atoms with Gasteiger partial charge in [0.2, 0.25) is 0 Å². The summed E-state index contributed by atoms with van der Waals surface area (Å²) in [5, 5.41) is 13.5. The summed E-state index contributed by atoms with van der Waals surface area (Å²) >= 11 is 0. The summed E-state index contributed by atoms with van der Waals surface area (Å²) in [4.78, 5) is 10.3. The van der Waals surface area contributed by atoms with E-state index in [1.807, 2.05) is 0 Å². The minimum absolute atomic E-state index is 0.0135. The summed E-state index contributed by atoms with van der Waals surface area (Å²) in [6, 6.07) is 7.24. The number of nitrogens with zero attached hydrogens (tertiary/aromatic N) is 1. The maximum atomic E-state index is 13.5. The SMILES string of the molecule is COc1cc(CNc2cc(F)ccc2F)cc([N+](=O)[O-])c1. The summed E-state index contributed by atoms with van der Waals surface area (Å²) in [5.74, 6) is -0.856. The number of methoxy groups -OCH3 is 1. The van der Waals surface area contributed by atoms with Crippen LogP contribution < -0.4 is 10.1 Å². The highest BCUT2D eigenvalue weighted by Gasteiger charge is 2.11. The molecule has 0 unspecified atom stereocenters. The molecular weight excluding hydrogens is 282 g/mol. The number of nitro benzene ring substituents is 1. The fourth-order valence-electron chi connectivity index (χ4n) is 1.80. The molecule has 0 saturated carbocycles. The van der Waals surface area contributed by atoms with E-state index in [2.05, 4.69) is 5.32 Å². The maximum Gasteiger partial charge on any atom is 0.273 e. The largest absolute Gasteiger partial charge is 0.496 e. The number of nitro groups is 1. The zero-order chi connectivity index (χ0) is 15.4. The van der Waals surface area contributed by atoms with Gasteiger partial charge in [-0.2, -0.15) is 0 Å². The van der Waals surface area contributed by atoms with Crippen LogP contribution in [0.5, 0.6) is 5.75 Å². The van der Waals surface area contributed by atoms with Crippen molar-refractivity contribution in [2.45, 2.75) is 6.54 Å². The van der Waals surface area contributed by atoms with Crippen molar-refractivity contribution < 1.29 is 18.4 Å². The molecule has 0 atom stereocenters. The molecule has 0 aromatic heterocycles. The van der Waals surface area contributed by atoms with E-state index in [9.17, 15) is 18.9 Å². The van der Waals surface area contributed by atoms with Gasteiger partial charge >= 0.3 is 0 Å². The van der Waals surface area contributed by atoms with E-state index >= 15 is 0 Å². The van der Waals surface area contributed by atoms with Crippen LogP contribution in [0.25, 0.3) is 0 Å². The molecule has 0 bridgehead atoms. The van der Waals surface area contributed by atoms with Gasteiger partial charge in [-0.05, 0) is 29.8 Å². The van der Waals surface area contributed by atoms with Crippen LogP contribution in [0.3, 0.4) is 0 Å². The van der Waals surface area contributed by atoms with Crippen LogP contribution in [0.2, 0.25) is 0 Å². The molecule has 21 heavy (non-hydrogen) atoms. The van der Waals surface area contributed by atoms with Gasteiger partial charge in [0.25, 0.3) is 5.69 Å². The highest BCUT2D eigenvalue weighted by Crippen LogP contribution is 2.24. The van der Waals surface area contributed by atoms with Gasteiger partial charge in [0.1, 0.15) is 17.4 Å². The number of non-ortho nitro benzene ring substituents is 1. The van der Waals surface area contributed by atoms with Crippen LogP contribution in [0.1, 0.15) is 5.56 Å². The van der Waals surface area contributed by atoms with Gasteiger partial charge in [-0.3, -0.25) is 10.1 Å². The average Bonchev–Trinajstić information content (AvgIpc) is 2.47. The Labute approximate surface area is 119 Å². The van der Waals surface area contributed by atoms with Crippen molar-refractivity contribution >= 4 is 11.4 Å². The minimum atomic E-state index is -0.603. The standard InChI is InChI=1S/C14H12F2N2O3/c1-21-12-5-9(4-11(7-12)18(19)20)8-17-14-6-10(15)2-3-13(14)16/h2-7,17H,8H2,1H3. The van der Waals surface area contributed by atoms with Crippen molar-refractivity contribution in [3.63, 3.8) is 0 Å². The van der Waals surface area contributed by atoms with E-state index in [1.165, 1.54) is 19.2 Å². The first-order valence-corrected chi connectivity index (χ1v) is 6.01. The maximum absolute atomic E-state index is 13.5. The van der Waals surface area contributed by atoms with Crippen molar-refractivity contribution in [2.75, 3.05) is 12.4 Å². The Morgan fingerprint density at radius 1 is 1.24 bits per heavy atom. The molecule has 0 amide bonds.